The first-order valence-electron chi connectivity index (χ1n) is 7.74. The standard InChI is InChI=1S/C17H23ClN4O/c1-20-16(14-10-17(19)22-12-15(14)18)4-2-3-7-21-11-13-5-8-23-9-6-13/h2-4,10,12-13,21H,1,5-9,11H2,(H2,19,22)/b3-2-,16-4-. The van der Waals surface area contributed by atoms with Crippen molar-refractivity contribution in [1.29, 1.82) is 0 Å². The Balaban J connectivity index is 1.84. The molecule has 1 aromatic rings. The molecule has 2 heterocycles. The Morgan fingerprint density at radius 3 is 3.04 bits per heavy atom. The van der Waals surface area contributed by atoms with Gasteiger partial charge >= 0.3 is 0 Å². The molecule has 0 unspecified atom stereocenters. The molecule has 1 fully saturated rings. The van der Waals surface area contributed by atoms with Crippen molar-refractivity contribution in [2.75, 3.05) is 32.0 Å². The van der Waals surface area contributed by atoms with Crippen molar-refractivity contribution in [2.45, 2.75) is 12.8 Å². The van der Waals surface area contributed by atoms with E-state index >= 15 is 0 Å². The molecule has 6 heteroatoms. The Kier molecular flexibility index (Phi) is 7.26. The number of aliphatic imine (C=N–C) groups is 1. The number of rotatable bonds is 7. The van der Waals surface area contributed by atoms with Crippen molar-refractivity contribution >= 4 is 29.8 Å². The topological polar surface area (TPSA) is 72.5 Å². The monoisotopic (exact) mass is 334 g/mol. The van der Waals surface area contributed by atoms with E-state index < -0.39 is 0 Å². The van der Waals surface area contributed by atoms with Crippen LogP contribution in [0.2, 0.25) is 5.02 Å². The van der Waals surface area contributed by atoms with Gasteiger partial charge in [0.1, 0.15) is 5.82 Å². The van der Waals surface area contributed by atoms with Crippen molar-refractivity contribution in [3.05, 3.63) is 41.1 Å². The van der Waals surface area contributed by atoms with E-state index in [1.54, 1.807) is 6.07 Å². The number of nitrogens with zero attached hydrogens (tertiary/aromatic N) is 2. The van der Waals surface area contributed by atoms with Crippen molar-refractivity contribution in [3.63, 3.8) is 0 Å². The molecule has 3 N–H and O–H groups in total. The van der Waals surface area contributed by atoms with Crippen LogP contribution in [0.5, 0.6) is 0 Å². The molecule has 0 atom stereocenters. The van der Waals surface area contributed by atoms with E-state index in [4.69, 9.17) is 22.1 Å². The Bertz CT molecular complexity index is 580. The summed E-state index contributed by atoms with van der Waals surface area (Å²) >= 11 is 6.12. The van der Waals surface area contributed by atoms with Gasteiger partial charge in [0.2, 0.25) is 0 Å². The number of pyridine rings is 1. The fourth-order valence-corrected chi connectivity index (χ4v) is 2.63. The maximum absolute atomic E-state index is 6.12. The van der Waals surface area contributed by atoms with Crippen molar-refractivity contribution in [1.82, 2.24) is 10.3 Å². The smallest absolute Gasteiger partial charge is 0.124 e. The minimum atomic E-state index is 0.404. The second-order valence-corrected chi connectivity index (χ2v) is 5.85. The molecule has 0 amide bonds. The number of nitrogens with two attached hydrogens (primary N) is 1. The number of allylic oxidation sites excluding steroid dienone is 2. The minimum Gasteiger partial charge on any atom is -0.384 e. The highest BCUT2D eigenvalue weighted by Gasteiger charge is 2.12. The lowest BCUT2D eigenvalue weighted by Gasteiger charge is -2.21. The zero-order valence-corrected chi connectivity index (χ0v) is 13.9. The summed E-state index contributed by atoms with van der Waals surface area (Å²) in [6.45, 7) is 7.19. The summed E-state index contributed by atoms with van der Waals surface area (Å²) in [4.78, 5) is 7.95. The Morgan fingerprint density at radius 2 is 2.30 bits per heavy atom. The van der Waals surface area contributed by atoms with Gasteiger partial charge in [0.15, 0.2) is 0 Å². The number of nitrogens with one attached hydrogen (secondary N) is 1. The van der Waals surface area contributed by atoms with Gasteiger partial charge in [0.25, 0.3) is 0 Å². The summed E-state index contributed by atoms with van der Waals surface area (Å²) in [7, 11) is 0. The summed E-state index contributed by atoms with van der Waals surface area (Å²) < 4.78 is 5.35. The quantitative estimate of drug-likeness (QED) is 0.457. The first-order chi connectivity index (χ1) is 11.2. The molecule has 0 saturated carbocycles. The van der Waals surface area contributed by atoms with Gasteiger partial charge in [0.05, 0.1) is 10.7 Å². The predicted molar refractivity (Wildman–Crippen MR) is 96.7 cm³/mol. The lowest BCUT2D eigenvalue weighted by Crippen LogP contribution is -2.27. The summed E-state index contributed by atoms with van der Waals surface area (Å²) in [6.07, 6.45) is 9.65. The van der Waals surface area contributed by atoms with Crippen LogP contribution in [-0.4, -0.2) is 38.0 Å². The van der Waals surface area contributed by atoms with Gasteiger partial charge in [-0.05, 0) is 44.2 Å². The number of hydrogen-bond donors (Lipinski definition) is 2. The van der Waals surface area contributed by atoms with Gasteiger partial charge in [-0.15, -0.1) is 0 Å². The normalized spacial score (nSPS) is 16.8. The highest BCUT2D eigenvalue weighted by molar-refractivity contribution is 6.32. The molecule has 124 valence electrons. The van der Waals surface area contributed by atoms with Crippen molar-refractivity contribution in [2.24, 2.45) is 10.9 Å². The molecule has 1 aliphatic rings. The lowest BCUT2D eigenvalue weighted by molar-refractivity contribution is 0.0666. The molecule has 5 nitrogen and oxygen atoms in total. The van der Waals surface area contributed by atoms with Crippen LogP contribution in [0.25, 0.3) is 5.70 Å². The number of hydrogen-bond acceptors (Lipinski definition) is 5. The Morgan fingerprint density at radius 1 is 1.52 bits per heavy atom. The average Bonchev–Trinajstić information content (AvgIpc) is 2.58. The molecular weight excluding hydrogens is 312 g/mol. The summed E-state index contributed by atoms with van der Waals surface area (Å²) in [5.74, 6) is 1.12. The number of aromatic nitrogens is 1. The molecule has 0 spiro atoms. The van der Waals surface area contributed by atoms with E-state index in [2.05, 4.69) is 22.0 Å². The van der Waals surface area contributed by atoms with E-state index in [0.29, 0.717) is 16.5 Å². The van der Waals surface area contributed by atoms with Gasteiger partial charge in [-0.1, -0.05) is 23.8 Å². The van der Waals surface area contributed by atoms with Crippen molar-refractivity contribution < 1.29 is 4.74 Å². The second kappa shape index (κ2) is 9.45. The Hall–Kier alpha value is -1.69. The number of nitrogen functional groups attached to an aromatic ring is 1. The number of ether oxygens (including phenoxy) is 1. The van der Waals surface area contributed by atoms with Crippen LogP contribution in [-0.2, 0) is 4.74 Å². The minimum absolute atomic E-state index is 0.404. The summed E-state index contributed by atoms with van der Waals surface area (Å²) in [5, 5.41) is 3.94. The predicted octanol–water partition coefficient (Wildman–Crippen LogP) is 2.93. The first-order valence-corrected chi connectivity index (χ1v) is 8.12. The van der Waals surface area contributed by atoms with Crippen LogP contribution in [0.15, 0.2) is 35.5 Å². The van der Waals surface area contributed by atoms with Crippen LogP contribution < -0.4 is 11.1 Å². The third kappa shape index (κ3) is 5.78. The highest BCUT2D eigenvalue weighted by atomic mass is 35.5. The van der Waals surface area contributed by atoms with Crippen LogP contribution in [0.4, 0.5) is 5.82 Å². The molecule has 23 heavy (non-hydrogen) atoms. The molecule has 0 bridgehead atoms. The molecule has 1 aliphatic heterocycles. The van der Waals surface area contributed by atoms with E-state index in [9.17, 15) is 0 Å². The SMILES string of the molecule is C=N/C(=C\C=C/CNCC1CCOCC1)c1cc(N)ncc1Cl. The summed E-state index contributed by atoms with van der Waals surface area (Å²) in [6, 6.07) is 1.69. The fourth-order valence-electron chi connectivity index (χ4n) is 2.43. The van der Waals surface area contributed by atoms with E-state index in [0.717, 1.165) is 50.6 Å². The lowest BCUT2D eigenvalue weighted by atomic mass is 10.0. The highest BCUT2D eigenvalue weighted by Crippen LogP contribution is 2.25. The first kappa shape index (κ1) is 17.7. The molecule has 1 saturated heterocycles. The third-order valence-electron chi connectivity index (χ3n) is 3.75. The zero-order valence-electron chi connectivity index (χ0n) is 13.2. The van der Waals surface area contributed by atoms with E-state index in [-0.39, 0.29) is 0 Å². The van der Waals surface area contributed by atoms with Gasteiger partial charge in [0, 0.05) is 31.5 Å². The average molecular weight is 335 g/mol. The van der Waals surface area contributed by atoms with Gasteiger partial charge in [-0.25, -0.2) is 4.98 Å². The molecule has 0 radical (unpaired) electrons. The van der Waals surface area contributed by atoms with Crippen LogP contribution in [0.3, 0.4) is 0 Å². The third-order valence-corrected chi connectivity index (χ3v) is 4.05. The van der Waals surface area contributed by atoms with E-state index in [1.165, 1.54) is 6.20 Å². The van der Waals surface area contributed by atoms with Crippen molar-refractivity contribution in [3.8, 4) is 0 Å². The second-order valence-electron chi connectivity index (χ2n) is 5.44. The Labute approximate surface area is 142 Å². The van der Waals surface area contributed by atoms with Gasteiger partial charge < -0.3 is 15.8 Å². The maximum atomic E-state index is 6.12. The van der Waals surface area contributed by atoms with Gasteiger partial charge in [-0.3, -0.25) is 4.99 Å². The number of anilines is 1. The zero-order chi connectivity index (χ0) is 16.5. The molecule has 1 aromatic heterocycles. The molecule has 2 rings (SSSR count). The maximum Gasteiger partial charge on any atom is 0.124 e. The molecule has 0 aliphatic carbocycles. The van der Waals surface area contributed by atoms with Gasteiger partial charge in [-0.2, -0.15) is 0 Å². The van der Waals surface area contributed by atoms with Crippen LogP contribution in [0.1, 0.15) is 18.4 Å². The molecular formula is C17H23ClN4O. The fraction of sp³-hybridized carbons (Fsp3) is 0.412. The molecule has 0 aromatic carbocycles. The van der Waals surface area contributed by atoms with Crippen LogP contribution >= 0.6 is 11.6 Å². The number of halogens is 1. The van der Waals surface area contributed by atoms with Crippen LogP contribution in [0, 0.1) is 5.92 Å². The summed E-state index contributed by atoms with van der Waals surface area (Å²) in [5.41, 5.74) is 7.09. The van der Waals surface area contributed by atoms with E-state index in [1.807, 2.05) is 18.2 Å². The largest absolute Gasteiger partial charge is 0.384 e.